The molecule has 33 heavy (non-hydrogen) atoms. The van der Waals surface area contributed by atoms with Gasteiger partial charge in [-0.15, -0.1) is 0 Å². The fourth-order valence-electron chi connectivity index (χ4n) is 4.15. The van der Waals surface area contributed by atoms with E-state index in [0.29, 0.717) is 36.5 Å². The van der Waals surface area contributed by atoms with Gasteiger partial charge in [0.15, 0.2) is 0 Å². The van der Waals surface area contributed by atoms with Crippen LogP contribution in [0.3, 0.4) is 0 Å². The summed E-state index contributed by atoms with van der Waals surface area (Å²) in [6, 6.07) is 14.4. The number of aromatic amines is 1. The molecule has 1 amide bonds. The maximum atomic E-state index is 13.2. The molecule has 1 aliphatic heterocycles. The molecule has 0 saturated carbocycles. The number of nitrogens with one attached hydrogen (secondary N) is 2. The fraction of sp³-hybridized carbons (Fsp3) is 0.360. The summed E-state index contributed by atoms with van der Waals surface area (Å²) >= 11 is 0. The first-order valence-electron chi connectivity index (χ1n) is 11.4. The molecular formula is C25H30N4O3S. The Kier molecular flexibility index (Phi) is 6.95. The largest absolute Gasteiger partial charge is 0.342 e. The van der Waals surface area contributed by atoms with Gasteiger partial charge in [-0.2, -0.15) is 4.31 Å². The van der Waals surface area contributed by atoms with Crippen LogP contribution in [0.5, 0.6) is 0 Å². The Morgan fingerprint density at radius 2 is 1.85 bits per heavy atom. The molecule has 1 unspecified atom stereocenters. The molecule has 3 aromatic rings. The first-order valence-corrected chi connectivity index (χ1v) is 12.9. The first kappa shape index (κ1) is 23.2. The van der Waals surface area contributed by atoms with Crippen molar-refractivity contribution in [1.82, 2.24) is 19.6 Å². The van der Waals surface area contributed by atoms with Crippen molar-refractivity contribution in [2.75, 3.05) is 13.1 Å². The number of H-pyrrole nitrogens is 1. The van der Waals surface area contributed by atoms with Crippen molar-refractivity contribution < 1.29 is 13.2 Å². The van der Waals surface area contributed by atoms with Crippen LogP contribution in [0.25, 0.3) is 11.3 Å². The Balaban J connectivity index is 1.54. The van der Waals surface area contributed by atoms with E-state index in [1.807, 2.05) is 37.3 Å². The lowest BCUT2D eigenvalue weighted by molar-refractivity contribution is 0.0933. The Labute approximate surface area is 195 Å². The lowest BCUT2D eigenvalue weighted by Gasteiger charge is -2.26. The molecule has 2 aromatic carbocycles. The number of aromatic nitrogens is 2. The molecule has 174 valence electrons. The summed E-state index contributed by atoms with van der Waals surface area (Å²) in [6.45, 7) is 4.79. The Morgan fingerprint density at radius 3 is 2.55 bits per heavy atom. The number of sulfonamides is 1. The summed E-state index contributed by atoms with van der Waals surface area (Å²) < 4.78 is 27.9. The molecule has 0 aliphatic carbocycles. The summed E-state index contributed by atoms with van der Waals surface area (Å²) in [7, 11) is -3.63. The lowest BCUT2D eigenvalue weighted by Crippen LogP contribution is -2.36. The van der Waals surface area contributed by atoms with Crippen molar-refractivity contribution in [1.29, 1.82) is 0 Å². The van der Waals surface area contributed by atoms with Crippen LogP contribution in [-0.2, 0) is 10.0 Å². The van der Waals surface area contributed by atoms with E-state index in [9.17, 15) is 13.2 Å². The molecule has 0 bridgehead atoms. The van der Waals surface area contributed by atoms with Crippen LogP contribution < -0.4 is 5.32 Å². The average Bonchev–Trinajstić information content (AvgIpc) is 3.34. The number of carbonyl (C=O) groups excluding carboxylic acids is 1. The third kappa shape index (κ3) is 5.02. The molecule has 1 aliphatic rings. The van der Waals surface area contributed by atoms with Gasteiger partial charge < -0.3 is 10.3 Å². The Hall–Kier alpha value is -2.97. The number of carbonyl (C=O) groups is 1. The van der Waals surface area contributed by atoms with Gasteiger partial charge in [0.1, 0.15) is 5.82 Å². The van der Waals surface area contributed by atoms with Crippen LogP contribution in [-0.4, -0.2) is 41.7 Å². The molecule has 4 rings (SSSR count). The second-order valence-corrected chi connectivity index (χ2v) is 10.3. The van der Waals surface area contributed by atoms with Crippen LogP contribution in [0.4, 0.5) is 0 Å². The Bertz CT molecular complexity index is 1220. The lowest BCUT2D eigenvalue weighted by atomic mass is 10.1. The van der Waals surface area contributed by atoms with E-state index in [2.05, 4.69) is 15.3 Å². The molecule has 2 N–H and O–H groups in total. The summed E-state index contributed by atoms with van der Waals surface area (Å²) in [4.78, 5) is 21.0. The van der Waals surface area contributed by atoms with Gasteiger partial charge in [-0.1, -0.05) is 49.7 Å². The summed E-state index contributed by atoms with van der Waals surface area (Å²) in [5.41, 5.74) is 2.86. The normalized spacial score (nSPS) is 15.8. The van der Waals surface area contributed by atoms with Gasteiger partial charge in [-0.3, -0.25) is 4.79 Å². The Morgan fingerprint density at radius 1 is 1.12 bits per heavy atom. The molecule has 2 heterocycles. The SMILES string of the molecule is CCC(NC(=O)c1ccc(C)c(S(=O)(=O)N2CCCCC2)c1)c1ncc(-c2ccccc2)[nH]1. The first-order chi connectivity index (χ1) is 15.9. The zero-order valence-corrected chi connectivity index (χ0v) is 19.9. The number of amides is 1. The molecule has 0 spiro atoms. The van der Waals surface area contributed by atoms with Crippen molar-refractivity contribution in [3.63, 3.8) is 0 Å². The maximum Gasteiger partial charge on any atom is 0.251 e. The van der Waals surface area contributed by atoms with E-state index >= 15 is 0 Å². The van der Waals surface area contributed by atoms with E-state index in [0.717, 1.165) is 30.5 Å². The second kappa shape index (κ2) is 9.89. The van der Waals surface area contributed by atoms with Gasteiger partial charge in [-0.25, -0.2) is 13.4 Å². The van der Waals surface area contributed by atoms with Gasteiger partial charge in [0.25, 0.3) is 5.91 Å². The van der Waals surface area contributed by atoms with Crippen molar-refractivity contribution in [2.24, 2.45) is 0 Å². The van der Waals surface area contributed by atoms with E-state index < -0.39 is 10.0 Å². The topological polar surface area (TPSA) is 95.2 Å². The summed E-state index contributed by atoms with van der Waals surface area (Å²) in [5, 5.41) is 3.00. The number of nitrogens with zero attached hydrogens (tertiary/aromatic N) is 2. The summed E-state index contributed by atoms with van der Waals surface area (Å²) in [6.07, 6.45) is 5.17. The highest BCUT2D eigenvalue weighted by Gasteiger charge is 2.28. The van der Waals surface area contributed by atoms with E-state index in [1.165, 1.54) is 10.4 Å². The average molecular weight is 467 g/mol. The monoisotopic (exact) mass is 466 g/mol. The molecule has 1 atom stereocenters. The minimum Gasteiger partial charge on any atom is -0.342 e. The van der Waals surface area contributed by atoms with Gasteiger partial charge in [-0.05, 0) is 49.4 Å². The smallest absolute Gasteiger partial charge is 0.251 e. The van der Waals surface area contributed by atoms with Gasteiger partial charge in [0.05, 0.1) is 22.8 Å². The minimum absolute atomic E-state index is 0.203. The third-order valence-electron chi connectivity index (χ3n) is 6.11. The van der Waals surface area contributed by atoms with Crippen molar-refractivity contribution >= 4 is 15.9 Å². The van der Waals surface area contributed by atoms with E-state index in [-0.39, 0.29) is 16.8 Å². The second-order valence-electron chi connectivity index (χ2n) is 8.43. The van der Waals surface area contributed by atoms with Gasteiger partial charge in [0.2, 0.25) is 10.0 Å². The summed E-state index contributed by atoms with van der Waals surface area (Å²) in [5.74, 6) is 0.340. The van der Waals surface area contributed by atoms with E-state index in [4.69, 9.17) is 0 Å². The standard InChI is InChI=1S/C25H30N4O3S/c1-3-21(24-26-17-22(27-24)19-10-6-4-7-11-19)28-25(30)20-13-12-18(2)23(16-20)33(31,32)29-14-8-5-9-15-29/h4,6-7,10-13,16-17,21H,3,5,8-9,14-15H2,1-2H3,(H,26,27)(H,28,30). The number of rotatable bonds is 7. The predicted octanol–water partition coefficient (Wildman–Crippen LogP) is 4.44. The molecule has 0 radical (unpaired) electrons. The third-order valence-corrected chi connectivity index (χ3v) is 8.15. The minimum atomic E-state index is -3.63. The molecular weight excluding hydrogens is 436 g/mol. The number of benzene rings is 2. The molecule has 1 saturated heterocycles. The number of hydrogen-bond acceptors (Lipinski definition) is 4. The van der Waals surface area contributed by atoms with Crippen LogP contribution in [0, 0.1) is 6.92 Å². The van der Waals surface area contributed by atoms with E-state index in [1.54, 1.807) is 25.3 Å². The number of hydrogen-bond donors (Lipinski definition) is 2. The van der Waals surface area contributed by atoms with Crippen molar-refractivity contribution in [2.45, 2.75) is 50.5 Å². The number of imidazole rings is 1. The molecule has 1 fully saturated rings. The van der Waals surface area contributed by atoms with Crippen LogP contribution in [0.2, 0.25) is 0 Å². The zero-order chi connectivity index (χ0) is 23.4. The zero-order valence-electron chi connectivity index (χ0n) is 19.0. The molecule has 8 heteroatoms. The van der Waals surface area contributed by atoms with Gasteiger partial charge >= 0.3 is 0 Å². The molecule has 7 nitrogen and oxygen atoms in total. The van der Waals surface area contributed by atoms with Crippen molar-refractivity contribution in [3.8, 4) is 11.3 Å². The molecule has 1 aromatic heterocycles. The number of piperidine rings is 1. The van der Waals surface area contributed by atoms with Crippen LogP contribution >= 0.6 is 0 Å². The predicted molar refractivity (Wildman–Crippen MR) is 128 cm³/mol. The maximum absolute atomic E-state index is 13.2. The van der Waals surface area contributed by atoms with Crippen molar-refractivity contribution in [3.05, 3.63) is 71.7 Å². The quantitative estimate of drug-likeness (QED) is 0.538. The van der Waals surface area contributed by atoms with Gasteiger partial charge in [0, 0.05) is 18.7 Å². The highest BCUT2D eigenvalue weighted by Crippen LogP contribution is 2.25. The fourth-order valence-corrected chi connectivity index (χ4v) is 5.91. The number of aryl methyl sites for hydroxylation is 1. The van der Waals surface area contributed by atoms with Crippen LogP contribution in [0.1, 0.15) is 60.4 Å². The van der Waals surface area contributed by atoms with Crippen LogP contribution in [0.15, 0.2) is 59.6 Å². The highest BCUT2D eigenvalue weighted by atomic mass is 32.2. The highest BCUT2D eigenvalue weighted by molar-refractivity contribution is 7.89.